The average Bonchev–Trinajstić information content (AvgIpc) is 2.96. The molecule has 0 aliphatic rings. The van der Waals surface area contributed by atoms with Crippen molar-refractivity contribution in [2.24, 2.45) is 0 Å². The molecule has 1 N–H and O–H groups in total. The molecule has 1 aromatic heterocycles. The number of aromatic nitrogens is 3. The van der Waals surface area contributed by atoms with Crippen LogP contribution in [0.15, 0.2) is 36.7 Å². The summed E-state index contributed by atoms with van der Waals surface area (Å²) in [5.74, 6) is 0.894. The molecule has 1 atom stereocenters. The van der Waals surface area contributed by atoms with E-state index in [1.165, 1.54) is 0 Å². The molecule has 1 heterocycles. The predicted molar refractivity (Wildman–Crippen MR) is 78.8 cm³/mol. The van der Waals surface area contributed by atoms with Crippen molar-refractivity contribution in [3.8, 4) is 5.69 Å². The van der Waals surface area contributed by atoms with E-state index in [1.54, 1.807) is 13.4 Å². The molecule has 0 spiro atoms. The van der Waals surface area contributed by atoms with Crippen LogP contribution in [0.2, 0.25) is 0 Å². The number of hydrogen-bond acceptors (Lipinski definition) is 4. The van der Waals surface area contributed by atoms with Gasteiger partial charge in [0, 0.05) is 19.3 Å². The van der Waals surface area contributed by atoms with E-state index in [1.807, 2.05) is 34.9 Å². The monoisotopic (exact) mass is 274 g/mol. The number of hydrogen-bond donors (Lipinski definition) is 1. The lowest BCUT2D eigenvalue weighted by molar-refractivity contribution is 0.00335. The molecule has 108 valence electrons. The van der Waals surface area contributed by atoms with Crippen LogP contribution < -0.4 is 5.32 Å². The Labute approximate surface area is 120 Å². The van der Waals surface area contributed by atoms with Crippen molar-refractivity contribution >= 4 is 0 Å². The molecule has 0 radical (unpaired) electrons. The number of rotatable bonds is 7. The minimum atomic E-state index is -0.141. The van der Waals surface area contributed by atoms with Crippen molar-refractivity contribution in [1.82, 2.24) is 20.1 Å². The first kappa shape index (κ1) is 14.7. The Kier molecular flexibility index (Phi) is 4.87. The van der Waals surface area contributed by atoms with Gasteiger partial charge in [0.05, 0.1) is 12.1 Å². The Morgan fingerprint density at radius 3 is 2.70 bits per heavy atom. The van der Waals surface area contributed by atoms with Crippen molar-refractivity contribution in [3.63, 3.8) is 0 Å². The highest BCUT2D eigenvalue weighted by Crippen LogP contribution is 2.13. The Morgan fingerprint density at radius 2 is 2.05 bits per heavy atom. The van der Waals surface area contributed by atoms with Crippen LogP contribution in [0.1, 0.15) is 26.1 Å². The van der Waals surface area contributed by atoms with Gasteiger partial charge in [0.2, 0.25) is 0 Å². The molecule has 0 saturated carbocycles. The zero-order valence-electron chi connectivity index (χ0n) is 12.3. The van der Waals surface area contributed by atoms with Crippen LogP contribution in [0.4, 0.5) is 0 Å². The Hall–Kier alpha value is -1.72. The van der Waals surface area contributed by atoms with Gasteiger partial charge in [-0.25, -0.2) is 0 Å². The lowest BCUT2D eigenvalue weighted by Crippen LogP contribution is -2.39. The predicted octanol–water partition coefficient (Wildman–Crippen LogP) is 2.17. The number of nitrogens with zero attached hydrogens (tertiary/aromatic N) is 3. The summed E-state index contributed by atoms with van der Waals surface area (Å²) < 4.78 is 7.51. The van der Waals surface area contributed by atoms with Gasteiger partial charge in [0.1, 0.15) is 6.33 Å². The number of methoxy groups -OCH3 is 1. The van der Waals surface area contributed by atoms with Crippen LogP contribution in [-0.4, -0.2) is 34.0 Å². The zero-order chi connectivity index (χ0) is 14.4. The fraction of sp³-hybridized carbons (Fsp3) is 0.467. The number of para-hydroxylation sites is 1. The molecule has 2 rings (SSSR count). The molecule has 5 heteroatoms. The summed E-state index contributed by atoms with van der Waals surface area (Å²) in [5.41, 5.74) is 0.928. The first-order valence-corrected chi connectivity index (χ1v) is 6.89. The second-order valence-electron chi connectivity index (χ2n) is 5.06. The van der Waals surface area contributed by atoms with Gasteiger partial charge in [0.25, 0.3) is 0 Å². The Balaban J connectivity index is 2.00. The normalized spacial score (nSPS) is 14.2. The van der Waals surface area contributed by atoms with Crippen molar-refractivity contribution in [2.45, 2.75) is 32.4 Å². The summed E-state index contributed by atoms with van der Waals surface area (Å²) in [6.45, 7) is 5.66. The SMILES string of the molecule is CCC(C)(CNCc1nncn1-c1ccccc1)OC. The van der Waals surface area contributed by atoms with Gasteiger partial charge in [0.15, 0.2) is 5.82 Å². The molecule has 0 saturated heterocycles. The first-order chi connectivity index (χ1) is 9.68. The molecule has 1 unspecified atom stereocenters. The van der Waals surface area contributed by atoms with Crippen LogP contribution in [-0.2, 0) is 11.3 Å². The van der Waals surface area contributed by atoms with Crippen molar-refractivity contribution < 1.29 is 4.74 Å². The maximum Gasteiger partial charge on any atom is 0.151 e. The molecule has 0 fully saturated rings. The molecular weight excluding hydrogens is 252 g/mol. The third-order valence-corrected chi connectivity index (χ3v) is 3.68. The maximum absolute atomic E-state index is 5.52. The van der Waals surface area contributed by atoms with E-state index in [9.17, 15) is 0 Å². The molecule has 5 nitrogen and oxygen atoms in total. The van der Waals surface area contributed by atoms with Gasteiger partial charge in [-0.05, 0) is 25.5 Å². The minimum Gasteiger partial charge on any atom is -0.377 e. The molecule has 0 aliphatic heterocycles. The molecular formula is C15H22N4O. The second-order valence-corrected chi connectivity index (χ2v) is 5.06. The molecule has 0 bridgehead atoms. The van der Waals surface area contributed by atoms with E-state index in [-0.39, 0.29) is 5.60 Å². The van der Waals surface area contributed by atoms with Crippen molar-refractivity contribution in [2.75, 3.05) is 13.7 Å². The van der Waals surface area contributed by atoms with Crippen molar-refractivity contribution in [1.29, 1.82) is 0 Å². The molecule has 1 aromatic carbocycles. The smallest absolute Gasteiger partial charge is 0.151 e. The van der Waals surface area contributed by atoms with Crippen LogP contribution in [0.25, 0.3) is 5.69 Å². The quantitative estimate of drug-likeness (QED) is 0.840. The minimum absolute atomic E-state index is 0.141. The number of ether oxygens (including phenoxy) is 1. The van der Waals surface area contributed by atoms with E-state index in [0.29, 0.717) is 6.54 Å². The summed E-state index contributed by atoms with van der Waals surface area (Å²) in [5, 5.41) is 11.6. The van der Waals surface area contributed by atoms with E-state index < -0.39 is 0 Å². The Morgan fingerprint density at radius 1 is 1.30 bits per heavy atom. The lowest BCUT2D eigenvalue weighted by Gasteiger charge is -2.26. The van der Waals surface area contributed by atoms with E-state index in [0.717, 1.165) is 24.5 Å². The van der Waals surface area contributed by atoms with E-state index in [2.05, 4.69) is 29.4 Å². The van der Waals surface area contributed by atoms with Crippen LogP contribution in [0.5, 0.6) is 0 Å². The van der Waals surface area contributed by atoms with E-state index >= 15 is 0 Å². The van der Waals surface area contributed by atoms with Crippen LogP contribution in [0, 0.1) is 0 Å². The van der Waals surface area contributed by atoms with Gasteiger partial charge >= 0.3 is 0 Å². The summed E-state index contributed by atoms with van der Waals surface area (Å²) in [6.07, 6.45) is 2.70. The summed E-state index contributed by atoms with van der Waals surface area (Å²) in [4.78, 5) is 0. The highest BCUT2D eigenvalue weighted by Gasteiger charge is 2.20. The van der Waals surface area contributed by atoms with E-state index in [4.69, 9.17) is 4.74 Å². The molecule has 20 heavy (non-hydrogen) atoms. The fourth-order valence-corrected chi connectivity index (χ4v) is 1.96. The third kappa shape index (κ3) is 3.43. The highest BCUT2D eigenvalue weighted by atomic mass is 16.5. The Bertz CT molecular complexity index is 520. The van der Waals surface area contributed by atoms with Gasteiger partial charge in [-0.2, -0.15) is 0 Å². The van der Waals surface area contributed by atoms with Gasteiger partial charge in [-0.1, -0.05) is 25.1 Å². The van der Waals surface area contributed by atoms with Crippen LogP contribution in [0.3, 0.4) is 0 Å². The third-order valence-electron chi connectivity index (χ3n) is 3.68. The summed E-state index contributed by atoms with van der Waals surface area (Å²) >= 11 is 0. The number of benzene rings is 1. The largest absolute Gasteiger partial charge is 0.377 e. The summed E-state index contributed by atoms with van der Waals surface area (Å²) in [7, 11) is 1.75. The van der Waals surface area contributed by atoms with Crippen molar-refractivity contribution in [3.05, 3.63) is 42.5 Å². The topological polar surface area (TPSA) is 52.0 Å². The second kappa shape index (κ2) is 6.63. The molecule has 2 aromatic rings. The van der Waals surface area contributed by atoms with Crippen LogP contribution >= 0.6 is 0 Å². The molecule has 0 amide bonds. The lowest BCUT2D eigenvalue weighted by atomic mass is 10.0. The van der Waals surface area contributed by atoms with Gasteiger partial charge in [-0.3, -0.25) is 4.57 Å². The maximum atomic E-state index is 5.52. The number of nitrogens with one attached hydrogen (secondary N) is 1. The fourth-order valence-electron chi connectivity index (χ4n) is 1.96. The summed E-state index contributed by atoms with van der Waals surface area (Å²) in [6, 6.07) is 10.1. The standard InChI is InChI=1S/C15H22N4O/c1-4-15(2,20-3)11-16-10-14-18-17-12-19(14)13-8-6-5-7-9-13/h5-9,12,16H,4,10-11H2,1-3H3. The first-order valence-electron chi connectivity index (χ1n) is 6.89. The highest BCUT2D eigenvalue weighted by molar-refractivity contribution is 5.31. The van der Waals surface area contributed by atoms with Gasteiger partial charge in [-0.15, -0.1) is 10.2 Å². The van der Waals surface area contributed by atoms with Gasteiger partial charge < -0.3 is 10.1 Å². The zero-order valence-corrected chi connectivity index (χ0v) is 12.3. The average molecular weight is 274 g/mol. The molecule has 0 aliphatic carbocycles.